The fourth-order valence-electron chi connectivity index (χ4n) is 4.07. The Morgan fingerprint density at radius 3 is 2.64 bits per heavy atom. The number of carbonyl (C=O) groups excluding carboxylic acids is 1. The van der Waals surface area contributed by atoms with Gasteiger partial charge in [0.15, 0.2) is 0 Å². The van der Waals surface area contributed by atoms with Crippen molar-refractivity contribution in [3.8, 4) is 0 Å². The van der Waals surface area contributed by atoms with Crippen molar-refractivity contribution in [2.75, 3.05) is 32.0 Å². The average molecular weight is 511 g/mol. The molecule has 0 radical (unpaired) electrons. The SMILES string of the molecule is CC(c1nc(/C=C/CNC(=O)OC(C)(C)C)cc2c(N[C@@H]3CCN(C)C[C@@H]3F)cccc12)C(F)(F)F. The summed E-state index contributed by atoms with van der Waals surface area (Å²) in [6, 6.07) is 6.23. The Balaban J connectivity index is 1.93. The first kappa shape index (κ1) is 27.7. The number of hydrogen-bond acceptors (Lipinski definition) is 5. The number of nitrogens with zero attached hydrogens (tertiary/aromatic N) is 2. The molecule has 0 spiro atoms. The molecule has 1 fully saturated rings. The lowest BCUT2D eigenvalue weighted by molar-refractivity contribution is -0.146. The predicted molar refractivity (Wildman–Crippen MR) is 134 cm³/mol. The summed E-state index contributed by atoms with van der Waals surface area (Å²) in [4.78, 5) is 18.0. The molecule has 2 heterocycles. The fourth-order valence-corrected chi connectivity index (χ4v) is 4.07. The molecule has 0 bridgehead atoms. The number of rotatable bonds is 6. The molecule has 0 aliphatic carbocycles. The smallest absolute Gasteiger partial charge is 0.407 e. The second kappa shape index (κ2) is 11.0. The zero-order valence-corrected chi connectivity index (χ0v) is 21.2. The van der Waals surface area contributed by atoms with Gasteiger partial charge in [0.25, 0.3) is 0 Å². The summed E-state index contributed by atoms with van der Waals surface area (Å²) >= 11 is 0. The van der Waals surface area contributed by atoms with E-state index in [1.54, 1.807) is 57.2 Å². The largest absolute Gasteiger partial charge is 0.444 e. The van der Waals surface area contributed by atoms with Gasteiger partial charge in [-0.15, -0.1) is 0 Å². The molecule has 10 heteroatoms. The second-order valence-electron chi connectivity index (χ2n) is 10.2. The minimum Gasteiger partial charge on any atom is -0.444 e. The Bertz CT molecular complexity index is 1100. The number of fused-ring (bicyclic) bond motifs is 1. The monoisotopic (exact) mass is 510 g/mol. The summed E-state index contributed by atoms with van der Waals surface area (Å²) in [6.07, 6.45) is -2.47. The van der Waals surface area contributed by atoms with Crippen molar-refractivity contribution in [1.82, 2.24) is 15.2 Å². The van der Waals surface area contributed by atoms with E-state index in [1.807, 2.05) is 11.9 Å². The quantitative estimate of drug-likeness (QED) is 0.474. The summed E-state index contributed by atoms with van der Waals surface area (Å²) in [7, 11) is 1.85. The maximum atomic E-state index is 14.7. The van der Waals surface area contributed by atoms with Gasteiger partial charge in [-0.2, -0.15) is 13.2 Å². The number of amides is 1. The molecule has 2 aromatic rings. The van der Waals surface area contributed by atoms with Gasteiger partial charge < -0.3 is 20.3 Å². The highest BCUT2D eigenvalue weighted by Crippen LogP contribution is 2.39. The van der Waals surface area contributed by atoms with Gasteiger partial charge in [-0.3, -0.25) is 4.98 Å². The van der Waals surface area contributed by atoms with E-state index in [1.165, 1.54) is 0 Å². The van der Waals surface area contributed by atoms with Crippen LogP contribution >= 0.6 is 0 Å². The van der Waals surface area contributed by atoms with Gasteiger partial charge in [0.05, 0.1) is 23.3 Å². The molecule has 0 saturated carbocycles. The van der Waals surface area contributed by atoms with Crippen LogP contribution in [0.5, 0.6) is 0 Å². The Kier molecular flexibility index (Phi) is 8.48. The van der Waals surface area contributed by atoms with Crippen LogP contribution in [-0.4, -0.2) is 66.6 Å². The van der Waals surface area contributed by atoms with Crippen LogP contribution in [0.1, 0.15) is 51.4 Å². The normalized spacial score (nSPS) is 20.5. The van der Waals surface area contributed by atoms with E-state index >= 15 is 0 Å². The molecule has 2 N–H and O–H groups in total. The van der Waals surface area contributed by atoms with E-state index in [4.69, 9.17) is 4.74 Å². The highest BCUT2D eigenvalue weighted by atomic mass is 19.4. The molecular formula is C26H34F4N4O2. The maximum absolute atomic E-state index is 14.7. The molecule has 6 nitrogen and oxygen atoms in total. The van der Waals surface area contributed by atoms with Crippen LogP contribution in [-0.2, 0) is 4.74 Å². The van der Waals surface area contributed by atoms with Gasteiger partial charge in [0, 0.05) is 36.1 Å². The van der Waals surface area contributed by atoms with Gasteiger partial charge in [0.2, 0.25) is 0 Å². The Hall–Kier alpha value is -2.88. The second-order valence-corrected chi connectivity index (χ2v) is 10.2. The lowest BCUT2D eigenvalue weighted by Gasteiger charge is -2.33. The number of aromatic nitrogens is 1. The van der Waals surface area contributed by atoms with Gasteiger partial charge in [-0.05, 0) is 59.4 Å². The van der Waals surface area contributed by atoms with Gasteiger partial charge in [0.1, 0.15) is 11.8 Å². The number of halogens is 4. The van der Waals surface area contributed by atoms with Crippen molar-refractivity contribution in [3.05, 3.63) is 41.7 Å². The third-order valence-corrected chi connectivity index (χ3v) is 5.96. The van der Waals surface area contributed by atoms with Crippen LogP contribution in [0.15, 0.2) is 30.3 Å². The summed E-state index contributed by atoms with van der Waals surface area (Å²) in [5.74, 6) is -1.80. The first-order valence-corrected chi connectivity index (χ1v) is 12.0. The predicted octanol–water partition coefficient (Wildman–Crippen LogP) is 5.89. The number of nitrogens with one attached hydrogen (secondary N) is 2. The number of alkyl halides is 4. The number of ether oxygens (including phenoxy) is 1. The molecule has 3 rings (SSSR count). The number of likely N-dealkylation sites (tertiary alicyclic amines) is 1. The lowest BCUT2D eigenvalue weighted by Crippen LogP contribution is -2.46. The molecule has 1 unspecified atom stereocenters. The van der Waals surface area contributed by atoms with Crippen molar-refractivity contribution >= 4 is 28.6 Å². The molecule has 198 valence electrons. The molecule has 3 atom stereocenters. The van der Waals surface area contributed by atoms with Gasteiger partial charge >= 0.3 is 12.3 Å². The van der Waals surface area contributed by atoms with Crippen LogP contribution in [0.4, 0.5) is 28.0 Å². The third-order valence-electron chi connectivity index (χ3n) is 5.96. The first-order chi connectivity index (χ1) is 16.7. The molecule has 1 saturated heterocycles. The van der Waals surface area contributed by atoms with E-state index in [0.29, 0.717) is 35.1 Å². The summed E-state index contributed by atoms with van der Waals surface area (Å²) in [6.45, 7) is 7.43. The molecule has 1 aliphatic rings. The topological polar surface area (TPSA) is 66.5 Å². The maximum Gasteiger partial charge on any atom is 0.407 e. The van der Waals surface area contributed by atoms with Gasteiger partial charge in [-0.25, -0.2) is 9.18 Å². The number of benzene rings is 1. The Morgan fingerprint density at radius 2 is 2.00 bits per heavy atom. The number of piperidine rings is 1. The Morgan fingerprint density at radius 1 is 1.28 bits per heavy atom. The van der Waals surface area contributed by atoms with Crippen LogP contribution in [0, 0.1) is 0 Å². The lowest BCUT2D eigenvalue weighted by atomic mass is 9.97. The minimum atomic E-state index is -4.48. The molecule has 1 amide bonds. The van der Waals surface area contributed by atoms with Crippen molar-refractivity contribution in [2.24, 2.45) is 0 Å². The molecule has 1 aromatic carbocycles. The van der Waals surface area contributed by atoms with Gasteiger partial charge in [-0.1, -0.05) is 18.2 Å². The highest BCUT2D eigenvalue weighted by Gasteiger charge is 2.39. The van der Waals surface area contributed by atoms with E-state index in [-0.39, 0.29) is 12.2 Å². The third kappa shape index (κ3) is 7.32. The van der Waals surface area contributed by atoms with Crippen LogP contribution in [0.25, 0.3) is 16.8 Å². The standard InChI is InChI=1S/C26H34F4N4O2/c1-16(26(28,29)30)23-18-9-6-10-21(33-22-11-13-34(5)15-20(22)27)19(18)14-17(32-23)8-7-12-31-24(35)36-25(2,3)4/h6-10,14,16,20,22,33H,11-13,15H2,1-5H3,(H,31,35)/b8-7+/t16?,20-,22+/m0/s1. The van der Waals surface area contributed by atoms with E-state index < -0.39 is 36.0 Å². The van der Waals surface area contributed by atoms with Crippen molar-refractivity contribution in [3.63, 3.8) is 0 Å². The minimum absolute atomic E-state index is 0.108. The average Bonchev–Trinajstić information content (AvgIpc) is 2.76. The van der Waals surface area contributed by atoms with Crippen LogP contribution < -0.4 is 10.6 Å². The summed E-state index contributed by atoms with van der Waals surface area (Å²) in [5, 5.41) is 6.68. The number of carbonyl (C=O) groups is 1. The van der Waals surface area contributed by atoms with Crippen molar-refractivity contribution in [2.45, 2.75) is 64.0 Å². The summed E-state index contributed by atoms with van der Waals surface area (Å²) < 4.78 is 60.9. The Labute approximate surface area is 209 Å². The summed E-state index contributed by atoms with van der Waals surface area (Å²) in [5.41, 5.74) is 0.105. The molecule has 1 aromatic heterocycles. The van der Waals surface area contributed by atoms with E-state index in [9.17, 15) is 22.4 Å². The number of hydrogen-bond donors (Lipinski definition) is 2. The van der Waals surface area contributed by atoms with Crippen molar-refractivity contribution in [1.29, 1.82) is 0 Å². The fraction of sp³-hybridized carbons (Fsp3) is 0.538. The van der Waals surface area contributed by atoms with E-state index in [2.05, 4.69) is 15.6 Å². The zero-order chi connectivity index (χ0) is 26.7. The number of anilines is 1. The van der Waals surface area contributed by atoms with Crippen LogP contribution in [0.2, 0.25) is 0 Å². The van der Waals surface area contributed by atoms with Crippen molar-refractivity contribution < 1.29 is 27.1 Å². The number of alkyl carbamates (subject to hydrolysis) is 1. The molecular weight excluding hydrogens is 476 g/mol. The molecule has 1 aliphatic heterocycles. The number of pyridine rings is 1. The molecule has 36 heavy (non-hydrogen) atoms. The first-order valence-electron chi connectivity index (χ1n) is 12.0. The van der Waals surface area contributed by atoms with E-state index in [0.717, 1.165) is 13.5 Å². The van der Waals surface area contributed by atoms with Crippen LogP contribution in [0.3, 0.4) is 0 Å². The zero-order valence-electron chi connectivity index (χ0n) is 21.2. The highest BCUT2D eigenvalue weighted by molar-refractivity contribution is 5.96.